The minimum atomic E-state index is -0.320. The Kier molecular flexibility index (Phi) is 6.44. The smallest absolute Gasteiger partial charge is 0.237 e. The molecule has 23 heavy (non-hydrogen) atoms. The fraction of sp³-hybridized carbons (Fsp3) is 0.400. The van der Waals surface area contributed by atoms with Crippen molar-refractivity contribution in [1.82, 2.24) is 14.8 Å². The highest BCUT2D eigenvalue weighted by molar-refractivity contribution is 8.00. The number of nitrogens with zero attached hydrogens (tertiary/aromatic N) is 3. The molecule has 2 rings (SSSR count). The molecule has 0 radical (unpaired) electrons. The van der Waals surface area contributed by atoms with E-state index in [-0.39, 0.29) is 11.2 Å². The van der Waals surface area contributed by atoms with Gasteiger partial charge >= 0.3 is 0 Å². The van der Waals surface area contributed by atoms with Crippen LogP contribution in [-0.4, -0.2) is 39.6 Å². The normalized spacial score (nSPS) is 12.2. The number of thioether (sulfide) groups is 1. The van der Waals surface area contributed by atoms with Gasteiger partial charge in [0.2, 0.25) is 5.91 Å². The Balaban J connectivity index is 2.00. The third-order valence-corrected chi connectivity index (χ3v) is 4.80. The predicted molar refractivity (Wildman–Crippen MR) is 92.0 cm³/mol. The number of amides is 1. The van der Waals surface area contributed by atoms with Crippen LogP contribution in [0.2, 0.25) is 5.02 Å². The number of carbonyl (C=O) groups is 1. The number of benzene rings is 1. The summed E-state index contributed by atoms with van der Waals surface area (Å²) >= 11 is 7.42. The van der Waals surface area contributed by atoms with Crippen LogP contribution in [0.3, 0.4) is 0 Å². The molecule has 0 fully saturated rings. The maximum absolute atomic E-state index is 12.4. The molecular formula is C15H19ClN4O2S. The lowest BCUT2D eigenvalue weighted by Crippen LogP contribution is -2.23. The van der Waals surface area contributed by atoms with Gasteiger partial charge < -0.3 is 14.6 Å². The van der Waals surface area contributed by atoms with E-state index in [1.165, 1.54) is 11.8 Å². The Morgan fingerprint density at radius 1 is 1.52 bits per heavy atom. The number of hydrogen-bond acceptors (Lipinski definition) is 5. The van der Waals surface area contributed by atoms with Crippen molar-refractivity contribution >= 4 is 35.0 Å². The van der Waals surface area contributed by atoms with Crippen molar-refractivity contribution < 1.29 is 9.53 Å². The van der Waals surface area contributed by atoms with Crippen molar-refractivity contribution in [2.24, 2.45) is 0 Å². The molecule has 1 heterocycles. The zero-order valence-corrected chi connectivity index (χ0v) is 14.8. The van der Waals surface area contributed by atoms with Crippen LogP contribution in [0, 0.1) is 6.92 Å². The van der Waals surface area contributed by atoms with Crippen molar-refractivity contribution in [1.29, 1.82) is 0 Å². The van der Waals surface area contributed by atoms with E-state index in [4.69, 9.17) is 16.3 Å². The summed E-state index contributed by atoms with van der Waals surface area (Å²) in [6.07, 6.45) is 1.63. The number of rotatable bonds is 7. The molecule has 124 valence electrons. The van der Waals surface area contributed by atoms with Crippen molar-refractivity contribution in [2.45, 2.75) is 30.8 Å². The number of halogens is 1. The molecule has 0 spiro atoms. The third-order valence-electron chi connectivity index (χ3n) is 3.29. The fourth-order valence-corrected chi connectivity index (χ4v) is 2.89. The van der Waals surface area contributed by atoms with Gasteiger partial charge in [-0.15, -0.1) is 10.2 Å². The number of nitrogens with one attached hydrogen (secondary N) is 1. The summed E-state index contributed by atoms with van der Waals surface area (Å²) in [6.45, 7) is 4.91. The van der Waals surface area contributed by atoms with Crippen LogP contribution < -0.4 is 5.32 Å². The second-order valence-corrected chi connectivity index (χ2v) is 6.68. The van der Waals surface area contributed by atoms with Gasteiger partial charge in [-0.2, -0.15) is 0 Å². The van der Waals surface area contributed by atoms with Crippen LogP contribution in [0.15, 0.2) is 29.7 Å². The largest absolute Gasteiger partial charge is 0.383 e. The molecule has 0 bridgehead atoms. The zero-order chi connectivity index (χ0) is 16.8. The average molecular weight is 355 g/mol. The summed E-state index contributed by atoms with van der Waals surface area (Å²) in [7, 11) is 1.64. The Morgan fingerprint density at radius 2 is 2.30 bits per heavy atom. The number of methoxy groups -OCH3 is 1. The summed E-state index contributed by atoms with van der Waals surface area (Å²) in [5.41, 5.74) is 1.57. The van der Waals surface area contributed by atoms with Gasteiger partial charge in [0.05, 0.1) is 11.9 Å². The molecule has 6 nitrogen and oxygen atoms in total. The van der Waals surface area contributed by atoms with Gasteiger partial charge in [0.1, 0.15) is 6.33 Å². The molecule has 0 aliphatic rings. The zero-order valence-electron chi connectivity index (χ0n) is 13.2. The van der Waals surface area contributed by atoms with E-state index in [2.05, 4.69) is 15.5 Å². The number of carbonyl (C=O) groups excluding carboxylic acids is 1. The van der Waals surface area contributed by atoms with E-state index in [9.17, 15) is 4.79 Å². The summed E-state index contributed by atoms with van der Waals surface area (Å²) in [4.78, 5) is 12.4. The highest BCUT2D eigenvalue weighted by atomic mass is 35.5. The van der Waals surface area contributed by atoms with Gasteiger partial charge in [0.15, 0.2) is 5.16 Å². The van der Waals surface area contributed by atoms with Crippen LogP contribution in [0.25, 0.3) is 0 Å². The lowest BCUT2D eigenvalue weighted by Gasteiger charge is -2.14. The van der Waals surface area contributed by atoms with Gasteiger partial charge in [-0.3, -0.25) is 4.79 Å². The summed E-state index contributed by atoms with van der Waals surface area (Å²) < 4.78 is 6.91. The van der Waals surface area contributed by atoms with Crippen molar-refractivity contribution in [3.63, 3.8) is 0 Å². The Hall–Kier alpha value is -1.57. The quantitative estimate of drug-likeness (QED) is 0.774. The average Bonchev–Trinajstić information content (AvgIpc) is 2.96. The first-order valence-corrected chi connectivity index (χ1v) is 8.38. The maximum Gasteiger partial charge on any atom is 0.237 e. The topological polar surface area (TPSA) is 69.0 Å². The molecule has 8 heteroatoms. The van der Waals surface area contributed by atoms with Crippen LogP contribution in [-0.2, 0) is 16.1 Å². The van der Waals surface area contributed by atoms with E-state index >= 15 is 0 Å². The molecule has 1 unspecified atom stereocenters. The van der Waals surface area contributed by atoms with E-state index in [1.54, 1.807) is 19.5 Å². The van der Waals surface area contributed by atoms with Gasteiger partial charge in [-0.05, 0) is 31.5 Å². The first-order valence-electron chi connectivity index (χ1n) is 7.12. The second kappa shape index (κ2) is 8.33. The lowest BCUT2D eigenvalue weighted by molar-refractivity contribution is -0.115. The minimum Gasteiger partial charge on any atom is -0.383 e. The third kappa shape index (κ3) is 4.70. The maximum atomic E-state index is 12.4. The molecule has 0 aliphatic carbocycles. The SMILES string of the molecule is COCCn1cnnc1SC(C)C(=O)Nc1cccc(Cl)c1C. The second-order valence-electron chi connectivity index (χ2n) is 4.96. The molecule has 0 aliphatic heterocycles. The van der Waals surface area contributed by atoms with Crippen LogP contribution in [0.5, 0.6) is 0 Å². The monoisotopic (exact) mass is 354 g/mol. The predicted octanol–water partition coefficient (Wildman–Crippen LogP) is 3.01. The Labute approximate surface area is 144 Å². The molecule has 1 N–H and O–H groups in total. The molecule has 1 amide bonds. The minimum absolute atomic E-state index is 0.110. The van der Waals surface area contributed by atoms with E-state index in [0.29, 0.717) is 23.3 Å². The number of aromatic nitrogens is 3. The van der Waals surface area contributed by atoms with E-state index in [1.807, 2.05) is 30.5 Å². The van der Waals surface area contributed by atoms with Gasteiger partial charge in [-0.25, -0.2) is 0 Å². The summed E-state index contributed by atoms with van der Waals surface area (Å²) in [6, 6.07) is 5.44. The first kappa shape index (κ1) is 17.8. The fourth-order valence-electron chi connectivity index (χ4n) is 1.87. The molecule has 1 aromatic heterocycles. The molecule has 1 atom stereocenters. The van der Waals surface area contributed by atoms with Gasteiger partial charge in [-0.1, -0.05) is 29.4 Å². The summed E-state index contributed by atoms with van der Waals surface area (Å²) in [5, 5.41) is 11.8. The summed E-state index contributed by atoms with van der Waals surface area (Å²) in [5.74, 6) is -0.110. The van der Waals surface area contributed by atoms with E-state index in [0.717, 1.165) is 11.3 Å². The lowest BCUT2D eigenvalue weighted by atomic mass is 10.2. The highest BCUT2D eigenvalue weighted by Crippen LogP contribution is 2.25. The van der Waals surface area contributed by atoms with Crippen LogP contribution >= 0.6 is 23.4 Å². The van der Waals surface area contributed by atoms with Crippen LogP contribution in [0.4, 0.5) is 5.69 Å². The molecule has 0 saturated heterocycles. The number of hydrogen-bond donors (Lipinski definition) is 1. The molecule has 2 aromatic rings. The van der Waals surface area contributed by atoms with Crippen LogP contribution in [0.1, 0.15) is 12.5 Å². The molecule has 0 saturated carbocycles. The number of anilines is 1. The van der Waals surface area contributed by atoms with Gasteiger partial charge in [0.25, 0.3) is 0 Å². The molecular weight excluding hydrogens is 336 g/mol. The number of ether oxygens (including phenoxy) is 1. The van der Waals surface area contributed by atoms with Gasteiger partial charge in [0, 0.05) is 24.4 Å². The van der Waals surface area contributed by atoms with Crippen molar-refractivity contribution in [3.8, 4) is 0 Å². The van der Waals surface area contributed by atoms with E-state index < -0.39 is 0 Å². The van der Waals surface area contributed by atoms with Crippen molar-refractivity contribution in [3.05, 3.63) is 35.1 Å². The first-order chi connectivity index (χ1) is 11.0. The molecule has 1 aromatic carbocycles. The Bertz CT molecular complexity index is 677. The Morgan fingerprint density at radius 3 is 3.04 bits per heavy atom. The highest BCUT2D eigenvalue weighted by Gasteiger charge is 2.18. The standard InChI is InChI=1S/C15H19ClN4O2S/c1-10-12(16)5-4-6-13(10)18-14(21)11(2)23-15-19-17-9-20(15)7-8-22-3/h4-6,9,11H,7-8H2,1-3H3,(H,18,21). The van der Waals surface area contributed by atoms with Crippen molar-refractivity contribution in [2.75, 3.05) is 19.0 Å².